The number of carboxylic acid groups (broad SMARTS) is 1. The average Bonchev–Trinajstić information content (AvgIpc) is 2.44. The predicted octanol–water partition coefficient (Wildman–Crippen LogP) is 3.45. The van der Waals surface area contributed by atoms with Gasteiger partial charge < -0.3 is 15.2 Å². The summed E-state index contributed by atoms with van der Waals surface area (Å²) < 4.78 is 5.71. The summed E-state index contributed by atoms with van der Waals surface area (Å²) in [5.41, 5.74) is -0.874. The van der Waals surface area contributed by atoms with E-state index in [0.717, 1.165) is 26.0 Å². The molecule has 0 heterocycles. The zero-order valence-corrected chi connectivity index (χ0v) is 13.7. The van der Waals surface area contributed by atoms with Gasteiger partial charge in [-0.15, -0.1) is 0 Å². The van der Waals surface area contributed by atoms with Gasteiger partial charge in [0.1, 0.15) is 5.54 Å². The highest BCUT2D eigenvalue weighted by Crippen LogP contribution is 2.15. The molecule has 4 heteroatoms. The topological polar surface area (TPSA) is 58.6 Å². The van der Waals surface area contributed by atoms with Crippen molar-refractivity contribution in [1.82, 2.24) is 5.32 Å². The number of ether oxygens (including phenoxy) is 1. The largest absolute Gasteiger partial charge is 0.480 e. The minimum atomic E-state index is -0.874. The summed E-state index contributed by atoms with van der Waals surface area (Å²) in [7, 11) is 0. The molecule has 2 unspecified atom stereocenters. The van der Waals surface area contributed by atoms with Crippen molar-refractivity contribution in [3.63, 3.8) is 0 Å². The Kier molecular flexibility index (Phi) is 10.8. The van der Waals surface area contributed by atoms with Gasteiger partial charge >= 0.3 is 5.97 Å². The van der Waals surface area contributed by atoms with E-state index in [9.17, 15) is 9.90 Å². The summed E-state index contributed by atoms with van der Waals surface area (Å²) in [5.74, 6) is -0.192. The molecule has 0 aliphatic heterocycles. The van der Waals surface area contributed by atoms with E-state index >= 15 is 0 Å². The Balaban J connectivity index is 4.01. The van der Waals surface area contributed by atoms with E-state index in [0.29, 0.717) is 18.9 Å². The SMILES string of the molecule is CCCCC(CC)COCCC(C)(NCCC)C(=O)O. The molecule has 0 rings (SSSR count). The molecule has 0 amide bonds. The Morgan fingerprint density at radius 3 is 2.50 bits per heavy atom. The van der Waals surface area contributed by atoms with Crippen molar-refractivity contribution in [2.24, 2.45) is 5.92 Å². The summed E-state index contributed by atoms with van der Waals surface area (Å²) in [6.07, 6.45) is 6.23. The summed E-state index contributed by atoms with van der Waals surface area (Å²) in [5, 5.41) is 12.4. The van der Waals surface area contributed by atoms with E-state index in [1.165, 1.54) is 19.3 Å². The standard InChI is InChI=1S/C16H33NO3/c1-5-8-9-14(7-3)13-20-12-10-16(4,15(18)19)17-11-6-2/h14,17H,5-13H2,1-4H3,(H,18,19). The van der Waals surface area contributed by atoms with Crippen LogP contribution in [-0.4, -0.2) is 36.4 Å². The fourth-order valence-electron chi connectivity index (χ4n) is 2.10. The molecule has 0 bridgehead atoms. The van der Waals surface area contributed by atoms with Crippen LogP contribution >= 0.6 is 0 Å². The molecule has 120 valence electrons. The van der Waals surface area contributed by atoms with E-state index < -0.39 is 11.5 Å². The molecule has 2 N–H and O–H groups in total. The van der Waals surface area contributed by atoms with Gasteiger partial charge in [-0.25, -0.2) is 0 Å². The fraction of sp³-hybridized carbons (Fsp3) is 0.938. The third kappa shape index (κ3) is 7.85. The van der Waals surface area contributed by atoms with Gasteiger partial charge in [-0.3, -0.25) is 4.79 Å². The normalized spacial score (nSPS) is 15.8. The van der Waals surface area contributed by atoms with E-state index in [1.807, 2.05) is 6.92 Å². The number of hydrogen-bond acceptors (Lipinski definition) is 3. The Morgan fingerprint density at radius 1 is 1.30 bits per heavy atom. The van der Waals surface area contributed by atoms with Crippen LogP contribution in [0.15, 0.2) is 0 Å². The van der Waals surface area contributed by atoms with E-state index in [2.05, 4.69) is 19.2 Å². The minimum Gasteiger partial charge on any atom is -0.480 e. The predicted molar refractivity (Wildman–Crippen MR) is 83.1 cm³/mol. The van der Waals surface area contributed by atoms with E-state index in [1.54, 1.807) is 6.92 Å². The second kappa shape index (κ2) is 11.1. The highest BCUT2D eigenvalue weighted by atomic mass is 16.5. The maximum absolute atomic E-state index is 11.3. The summed E-state index contributed by atoms with van der Waals surface area (Å²) in [6.45, 7) is 10.1. The zero-order chi connectivity index (χ0) is 15.4. The molecule has 0 aromatic rings. The van der Waals surface area contributed by atoms with Gasteiger partial charge in [-0.1, -0.05) is 40.0 Å². The second-order valence-corrected chi connectivity index (χ2v) is 5.81. The van der Waals surface area contributed by atoms with Crippen LogP contribution in [0.3, 0.4) is 0 Å². The lowest BCUT2D eigenvalue weighted by Crippen LogP contribution is -2.50. The lowest BCUT2D eigenvalue weighted by atomic mass is 9.98. The van der Waals surface area contributed by atoms with Gasteiger partial charge in [-0.05, 0) is 38.6 Å². The first-order valence-corrected chi connectivity index (χ1v) is 8.06. The third-order valence-corrected chi connectivity index (χ3v) is 3.88. The first kappa shape index (κ1) is 19.4. The molecule has 0 saturated carbocycles. The average molecular weight is 287 g/mol. The van der Waals surface area contributed by atoms with E-state index in [-0.39, 0.29) is 0 Å². The molecule has 0 fully saturated rings. The molecule has 0 aromatic carbocycles. The number of hydrogen-bond donors (Lipinski definition) is 2. The Labute approximate surface area is 124 Å². The minimum absolute atomic E-state index is 0.502. The molecule has 20 heavy (non-hydrogen) atoms. The maximum atomic E-state index is 11.3. The Hall–Kier alpha value is -0.610. The summed E-state index contributed by atoms with van der Waals surface area (Å²) in [4.78, 5) is 11.3. The third-order valence-electron chi connectivity index (χ3n) is 3.88. The molecule has 0 aliphatic rings. The van der Waals surface area contributed by atoms with Gasteiger partial charge in [0.2, 0.25) is 0 Å². The molecule has 0 aliphatic carbocycles. The van der Waals surface area contributed by atoms with Crippen LogP contribution in [0, 0.1) is 5.92 Å². The van der Waals surface area contributed by atoms with Gasteiger partial charge in [0.25, 0.3) is 0 Å². The van der Waals surface area contributed by atoms with Crippen LogP contribution in [0.5, 0.6) is 0 Å². The van der Waals surface area contributed by atoms with Crippen molar-refractivity contribution in [2.75, 3.05) is 19.8 Å². The second-order valence-electron chi connectivity index (χ2n) is 5.81. The number of unbranched alkanes of at least 4 members (excludes halogenated alkanes) is 1. The van der Waals surface area contributed by atoms with Crippen molar-refractivity contribution < 1.29 is 14.6 Å². The fourth-order valence-corrected chi connectivity index (χ4v) is 2.10. The summed E-state index contributed by atoms with van der Waals surface area (Å²) in [6, 6.07) is 0. The molecule has 4 nitrogen and oxygen atoms in total. The molecule has 0 spiro atoms. The van der Waals surface area contributed by atoms with Crippen molar-refractivity contribution in [3.8, 4) is 0 Å². The van der Waals surface area contributed by atoms with Gasteiger partial charge in [0.15, 0.2) is 0 Å². The number of rotatable bonds is 13. The van der Waals surface area contributed by atoms with Crippen LogP contribution < -0.4 is 5.32 Å². The Bertz CT molecular complexity index is 258. The summed E-state index contributed by atoms with van der Waals surface area (Å²) >= 11 is 0. The smallest absolute Gasteiger partial charge is 0.323 e. The van der Waals surface area contributed by atoms with Gasteiger partial charge in [0.05, 0.1) is 0 Å². The zero-order valence-electron chi connectivity index (χ0n) is 13.7. The lowest BCUT2D eigenvalue weighted by molar-refractivity contribution is -0.145. The quantitative estimate of drug-likeness (QED) is 0.509. The van der Waals surface area contributed by atoms with Crippen LogP contribution in [-0.2, 0) is 9.53 Å². The lowest BCUT2D eigenvalue weighted by Gasteiger charge is -2.26. The maximum Gasteiger partial charge on any atom is 0.323 e. The first-order chi connectivity index (χ1) is 9.50. The van der Waals surface area contributed by atoms with Crippen molar-refractivity contribution in [3.05, 3.63) is 0 Å². The molecule has 0 saturated heterocycles. The highest BCUT2D eigenvalue weighted by molar-refractivity contribution is 5.78. The first-order valence-electron chi connectivity index (χ1n) is 8.06. The van der Waals surface area contributed by atoms with Gasteiger partial charge in [-0.2, -0.15) is 0 Å². The molecular weight excluding hydrogens is 254 g/mol. The number of nitrogens with one attached hydrogen (secondary N) is 1. The van der Waals surface area contributed by atoms with Crippen molar-refractivity contribution in [2.45, 2.75) is 71.8 Å². The number of carbonyl (C=O) groups is 1. The van der Waals surface area contributed by atoms with E-state index in [4.69, 9.17) is 4.74 Å². The highest BCUT2D eigenvalue weighted by Gasteiger charge is 2.31. The van der Waals surface area contributed by atoms with Crippen molar-refractivity contribution >= 4 is 5.97 Å². The van der Waals surface area contributed by atoms with Crippen molar-refractivity contribution in [1.29, 1.82) is 0 Å². The molecular formula is C16H33NO3. The molecule has 0 aromatic heterocycles. The van der Waals surface area contributed by atoms with Crippen LogP contribution in [0.25, 0.3) is 0 Å². The number of carboxylic acids is 1. The monoisotopic (exact) mass is 287 g/mol. The Morgan fingerprint density at radius 2 is 2.00 bits per heavy atom. The molecule has 2 atom stereocenters. The molecule has 0 radical (unpaired) electrons. The van der Waals surface area contributed by atoms with Crippen LogP contribution in [0.4, 0.5) is 0 Å². The van der Waals surface area contributed by atoms with Crippen LogP contribution in [0.1, 0.15) is 66.2 Å². The number of aliphatic carboxylic acids is 1. The van der Waals surface area contributed by atoms with Crippen LogP contribution in [0.2, 0.25) is 0 Å². The van der Waals surface area contributed by atoms with Gasteiger partial charge in [0, 0.05) is 13.2 Å².